The number of hydrogen-bond donors (Lipinski definition) is 0. The molecule has 0 saturated heterocycles. The van der Waals surface area contributed by atoms with Gasteiger partial charge in [0.25, 0.3) is 0 Å². The summed E-state index contributed by atoms with van der Waals surface area (Å²) in [4.78, 5) is 4.32. The molecule has 3 nitrogen and oxygen atoms in total. The highest BCUT2D eigenvalue weighted by Crippen LogP contribution is 2.49. The smallest absolute Gasteiger partial charge is 0.138 e. The summed E-state index contributed by atoms with van der Waals surface area (Å²) >= 11 is 0. The van der Waals surface area contributed by atoms with Crippen LogP contribution >= 0.6 is 0 Å². The van der Waals surface area contributed by atoms with Crippen LogP contribution in [-0.4, -0.2) is 0 Å². The molecule has 0 spiro atoms. The molecule has 9 aromatic rings. The van der Waals surface area contributed by atoms with Crippen LogP contribution in [0.25, 0.3) is 43.5 Å². The normalized spacial score (nSPS) is 11.5. The van der Waals surface area contributed by atoms with E-state index < -0.39 is 0 Å². The fourth-order valence-electron chi connectivity index (χ4n) is 7.25. The lowest BCUT2D eigenvalue weighted by Crippen LogP contribution is -2.10. The van der Waals surface area contributed by atoms with Crippen molar-refractivity contribution in [3.05, 3.63) is 180 Å². The second-order valence-corrected chi connectivity index (χ2v) is 13.0. The maximum Gasteiger partial charge on any atom is 0.138 e. The highest BCUT2D eigenvalue weighted by molar-refractivity contribution is 6.30. The van der Waals surface area contributed by atoms with Crippen LogP contribution in [0.3, 0.4) is 0 Å². The number of anilines is 6. The lowest BCUT2D eigenvalue weighted by molar-refractivity contribution is 0.627. The molecule has 0 aliphatic rings. The second-order valence-electron chi connectivity index (χ2n) is 13.0. The number of fused-ring (bicyclic) bond motifs is 7. The highest BCUT2D eigenvalue weighted by Gasteiger charge is 2.24. The Bertz CT molecular complexity index is 2440. The zero-order chi connectivity index (χ0) is 34.6. The highest BCUT2D eigenvalue weighted by atomic mass is 19.1. The zero-order valence-electron chi connectivity index (χ0n) is 28.1. The fourth-order valence-corrected chi connectivity index (χ4v) is 7.25. The quantitative estimate of drug-likeness (QED) is 0.176. The van der Waals surface area contributed by atoms with Gasteiger partial charge in [-0.15, -0.1) is 0 Å². The first kappa shape index (κ1) is 30.6. The van der Waals surface area contributed by atoms with Crippen LogP contribution in [-0.2, 0) is 0 Å². The summed E-state index contributed by atoms with van der Waals surface area (Å²) in [7, 11) is 0. The van der Waals surface area contributed by atoms with Gasteiger partial charge in [-0.1, -0.05) is 83.9 Å². The minimum absolute atomic E-state index is 0.289. The van der Waals surface area contributed by atoms with Gasteiger partial charge in [-0.2, -0.15) is 0 Å². The Morgan fingerprint density at radius 2 is 0.706 bits per heavy atom. The topological polar surface area (TPSA) is 19.6 Å². The molecule has 0 amide bonds. The van der Waals surface area contributed by atoms with E-state index in [2.05, 4.69) is 133 Å². The molecule has 246 valence electrons. The molecule has 0 fully saturated rings. The summed E-state index contributed by atoms with van der Waals surface area (Å²) < 4.78 is 35.3. The monoisotopic (exact) mass is 666 g/mol. The number of benzene rings is 8. The van der Waals surface area contributed by atoms with Gasteiger partial charge in [0.2, 0.25) is 0 Å². The van der Waals surface area contributed by atoms with Crippen LogP contribution in [0.1, 0.15) is 11.1 Å². The molecule has 0 atom stereocenters. The average Bonchev–Trinajstić information content (AvgIpc) is 3.54. The second kappa shape index (κ2) is 12.1. The van der Waals surface area contributed by atoms with Gasteiger partial charge >= 0.3 is 0 Å². The molecule has 0 N–H and O–H groups in total. The Kier molecular flexibility index (Phi) is 7.29. The molecule has 1 aromatic heterocycles. The van der Waals surface area contributed by atoms with Crippen molar-refractivity contribution in [1.29, 1.82) is 0 Å². The number of aryl methyl sites for hydroxylation is 2. The van der Waals surface area contributed by atoms with E-state index >= 15 is 0 Å². The summed E-state index contributed by atoms with van der Waals surface area (Å²) in [6, 6.07) is 50.9. The van der Waals surface area contributed by atoms with Crippen molar-refractivity contribution >= 4 is 77.6 Å². The van der Waals surface area contributed by atoms with E-state index in [4.69, 9.17) is 4.42 Å². The number of halogens is 2. The van der Waals surface area contributed by atoms with Crippen LogP contribution < -0.4 is 9.80 Å². The lowest BCUT2D eigenvalue weighted by atomic mass is 9.96. The summed E-state index contributed by atoms with van der Waals surface area (Å²) in [6.45, 7) is 4.13. The predicted molar refractivity (Wildman–Crippen MR) is 207 cm³/mol. The Morgan fingerprint density at radius 1 is 0.392 bits per heavy atom. The SMILES string of the molecule is Cc1ccc(N(c2ccc(F)cc2)c2cc3oc4cc(N(c5ccc(C)cc5)c5ccc(F)cc5)c5ccccc5c4c3c3ccccc23)cc1. The molecule has 0 bridgehead atoms. The van der Waals surface area contributed by atoms with Crippen LogP contribution in [0.2, 0.25) is 0 Å². The summed E-state index contributed by atoms with van der Waals surface area (Å²) in [5.74, 6) is -0.577. The molecule has 0 saturated carbocycles. The van der Waals surface area contributed by atoms with Crippen LogP contribution in [0.5, 0.6) is 0 Å². The maximum absolute atomic E-state index is 14.2. The number of nitrogens with zero attached hydrogens (tertiary/aromatic N) is 2. The van der Waals surface area contributed by atoms with Gasteiger partial charge in [0.1, 0.15) is 22.8 Å². The van der Waals surface area contributed by atoms with E-state index in [-0.39, 0.29) is 11.6 Å². The minimum atomic E-state index is -0.289. The Hall–Kier alpha value is -6.46. The molecular weight excluding hydrogens is 635 g/mol. The molecule has 0 aliphatic heterocycles. The van der Waals surface area contributed by atoms with Gasteiger partial charge in [-0.25, -0.2) is 8.78 Å². The Labute approximate surface area is 294 Å². The zero-order valence-corrected chi connectivity index (χ0v) is 28.1. The molecule has 8 aromatic carbocycles. The van der Waals surface area contributed by atoms with E-state index in [9.17, 15) is 8.78 Å². The fraction of sp³-hybridized carbons (Fsp3) is 0.0435. The van der Waals surface area contributed by atoms with E-state index in [0.717, 1.165) is 88.7 Å². The van der Waals surface area contributed by atoms with Crippen molar-refractivity contribution in [3.8, 4) is 0 Å². The summed E-state index contributed by atoms with van der Waals surface area (Å²) in [6.07, 6.45) is 0. The van der Waals surface area contributed by atoms with Crippen molar-refractivity contribution in [2.75, 3.05) is 9.80 Å². The van der Waals surface area contributed by atoms with Crippen molar-refractivity contribution in [2.45, 2.75) is 13.8 Å². The summed E-state index contributed by atoms with van der Waals surface area (Å²) in [5, 5.41) is 6.23. The standard InChI is InChI=1S/C46H32F2N2O/c1-29-11-19-33(20-12-29)49(35-23-15-31(47)16-24-35)41-27-43-45(39-9-5-3-7-37(39)41)46-40-10-6-4-8-38(40)42(28-44(46)51-43)50(34-21-13-30(2)14-22-34)36-25-17-32(48)18-26-36/h3-28H,1-2H3. The van der Waals surface area contributed by atoms with Gasteiger partial charge in [0.15, 0.2) is 0 Å². The lowest BCUT2D eigenvalue weighted by Gasteiger charge is -2.27. The van der Waals surface area contributed by atoms with Gasteiger partial charge in [0, 0.05) is 56.4 Å². The van der Waals surface area contributed by atoms with Crippen LogP contribution in [0.4, 0.5) is 42.9 Å². The van der Waals surface area contributed by atoms with Crippen molar-refractivity contribution < 1.29 is 13.2 Å². The Balaban J connectivity index is 1.35. The van der Waals surface area contributed by atoms with Gasteiger partial charge in [-0.05, 0) is 97.4 Å². The van der Waals surface area contributed by atoms with E-state index in [1.807, 2.05) is 24.3 Å². The molecular formula is C46H32F2N2O. The van der Waals surface area contributed by atoms with Crippen LogP contribution in [0, 0.1) is 25.5 Å². The molecule has 0 aliphatic carbocycles. The number of furan rings is 1. The third-order valence-corrected chi connectivity index (χ3v) is 9.68. The van der Waals surface area contributed by atoms with E-state index in [1.165, 1.54) is 24.3 Å². The molecule has 51 heavy (non-hydrogen) atoms. The molecule has 1 heterocycles. The molecule has 5 heteroatoms. The van der Waals surface area contributed by atoms with E-state index in [0.29, 0.717) is 0 Å². The third kappa shape index (κ3) is 5.26. The molecule has 0 unspecified atom stereocenters. The minimum Gasteiger partial charge on any atom is -0.456 e. The molecule has 9 rings (SSSR count). The molecule has 0 radical (unpaired) electrons. The average molecular weight is 667 g/mol. The predicted octanol–water partition coefficient (Wildman–Crippen LogP) is 13.7. The number of hydrogen-bond acceptors (Lipinski definition) is 3. The van der Waals surface area contributed by atoms with Crippen molar-refractivity contribution in [3.63, 3.8) is 0 Å². The van der Waals surface area contributed by atoms with Crippen molar-refractivity contribution in [1.82, 2.24) is 0 Å². The Morgan fingerprint density at radius 3 is 1.06 bits per heavy atom. The first-order chi connectivity index (χ1) is 24.9. The third-order valence-electron chi connectivity index (χ3n) is 9.68. The van der Waals surface area contributed by atoms with Gasteiger partial charge in [-0.3, -0.25) is 0 Å². The van der Waals surface area contributed by atoms with Gasteiger partial charge in [0.05, 0.1) is 11.4 Å². The number of rotatable bonds is 6. The summed E-state index contributed by atoms with van der Waals surface area (Å²) in [5.41, 5.74) is 9.20. The first-order valence-electron chi connectivity index (χ1n) is 17.0. The maximum atomic E-state index is 14.2. The van der Waals surface area contributed by atoms with Crippen molar-refractivity contribution in [2.24, 2.45) is 0 Å². The first-order valence-corrected chi connectivity index (χ1v) is 17.0. The van der Waals surface area contributed by atoms with Gasteiger partial charge < -0.3 is 14.2 Å². The van der Waals surface area contributed by atoms with Crippen LogP contribution in [0.15, 0.2) is 162 Å². The largest absolute Gasteiger partial charge is 0.456 e. The van der Waals surface area contributed by atoms with E-state index in [1.54, 1.807) is 0 Å².